The van der Waals surface area contributed by atoms with Crippen molar-refractivity contribution in [3.05, 3.63) is 47.8 Å². The Bertz CT molecular complexity index is 754. The summed E-state index contributed by atoms with van der Waals surface area (Å²) in [6.07, 6.45) is 1.28. The van der Waals surface area contributed by atoms with Crippen LogP contribution in [0.5, 0.6) is 0 Å². The molecule has 0 saturated heterocycles. The topological polar surface area (TPSA) is 90.3 Å². The second kappa shape index (κ2) is 6.61. The smallest absolute Gasteiger partial charge is 0.356 e. The molecule has 1 aromatic carbocycles. The van der Waals surface area contributed by atoms with Crippen molar-refractivity contribution in [3.8, 4) is 0 Å². The lowest BCUT2D eigenvalue weighted by molar-refractivity contribution is 0.0515. The van der Waals surface area contributed by atoms with E-state index in [9.17, 15) is 13.2 Å². The van der Waals surface area contributed by atoms with Gasteiger partial charge in [0.15, 0.2) is 0 Å². The molecule has 0 bridgehead atoms. The average molecular weight is 323 g/mol. The van der Waals surface area contributed by atoms with Crippen molar-refractivity contribution in [1.82, 2.24) is 9.55 Å². The van der Waals surface area contributed by atoms with Crippen molar-refractivity contribution in [1.29, 1.82) is 0 Å². The fourth-order valence-corrected chi connectivity index (χ4v) is 3.04. The van der Waals surface area contributed by atoms with Crippen molar-refractivity contribution < 1.29 is 17.9 Å². The number of anilines is 1. The minimum Gasteiger partial charge on any atom is -0.461 e. The molecule has 0 spiro atoms. The molecule has 1 heterocycles. The van der Waals surface area contributed by atoms with E-state index in [2.05, 4.69) is 9.71 Å². The number of benzene rings is 1. The molecule has 0 aliphatic carbocycles. The van der Waals surface area contributed by atoms with Crippen LogP contribution >= 0.6 is 0 Å². The maximum atomic E-state index is 12.1. The van der Waals surface area contributed by atoms with Crippen LogP contribution < -0.4 is 4.72 Å². The van der Waals surface area contributed by atoms with Gasteiger partial charge in [-0.2, -0.15) is 0 Å². The summed E-state index contributed by atoms with van der Waals surface area (Å²) in [6, 6.07) is 8.80. The van der Waals surface area contributed by atoms with E-state index in [1.165, 1.54) is 10.8 Å². The Hall–Kier alpha value is -2.35. The molecule has 0 aliphatic heterocycles. The second-order valence-electron chi connectivity index (χ2n) is 4.59. The first-order valence-corrected chi connectivity index (χ1v) is 8.31. The fraction of sp³-hybridized carbons (Fsp3) is 0.286. The van der Waals surface area contributed by atoms with Crippen LogP contribution in [0.2, 0.25) is 0 Å². The first kappa shape index (κ1) is 16.0. The van der Waals surface area contributed by atoms with Crippen LogP contribution in [0.1, 0.15) is 23.0 Å². The van der Waals surface area contributed by atoms with Crippen LogP contribution in [0, 0.1) is 0 Å². The zero-order valence-corrected chi connectivity index (χ0v) is 13.1. The van der Waals surface area contributed by atoms with E-state index in [0.717, 1.165) is 0 Å². The minimum atomic E-state index is -3.62. The van der Waals surface area contributed by atoms with Gasteiger partial charge in [0.1, 0.15) is 5.69 Å². The van der Waals surface area contributed by atoms with E-state index < -0.39 is 16.0 Å². The molecule has 2 aromatic rings. The van der Waals surface area contributed by atoms with Crippen molar-refractivity contribution in [2.45, 2.75) is 12.7 Å². The Kier molecular flexibility index (Phi) is 4.81. The summed E-state index contributed by atoms with van der Waals surface area (Å²) in [7, 11) is -2.08. The van der Waals surface area contributed by atoms with Gasteiger partial charge in [-0.1, -0.05) is 30.3 Å². The molecule has 7 nitrogen and oxygen atoms in total. The molecular formula is C14H17N3O4S. The van der Waals surface area contributed by atoms with Gasteiger partial charge in [-0.15, -0.1) is 0 Å². The number of hydrogen-bond donors (Lipinski definition) is 1. The number of ether oxygens (including phenoxy) is 1. The molecular weight excluding hydrogens is 306 g/mol. The van der Waals surface area contributed by atoms with Gasteiger partial charge in [-0.05, 0) is 12.5 Å². The van der Waals surface area contributed by atoms with Gasteiger partial charge in [0.05, 0.1) is 18.6 Å². The molecule has 1 N–H and O–H groups in total. The lowest BCUT2D eigenvalue weighted by atomic mass is 10.2. The number of nitrogens with zero attached hydrogens (tertiary/aromatic N) is 2. The third-order valence-electron chi connectivity index (χ3n) is 2.92. The summed E-state index contributed by atoms with van der Waals surface area (Å²) in [5.41, 5.74) is 0.842. The summed E-state index contributed by atoms with van der Waals surface area (Å²) < 4.78 is 32.9. The Labute approximate surface area is 129 Å². The summed E-state index contributed by atoms with van der Waals surface area (Å²) in [5.74, 6) is -0.653. The number of sulfonamides is 1. The van der Waals surface area contributed by atoms with Crippen LogP contribution in [0.15, 0.2) is 36.5 Å². The highest BCUT2D eigenvalue weighted by atomic mass is 32.2. The van der Waals surface area contributed by atoms with E-state index in [-0.39, 0.29) is 24.0 Å². The van der Waals surface area contributed by atoms with Gasteiger partial charge in [0.2, 0.25) is 16.0 Å². The Morgan fingerprint density at radius 1 is 1.32 bits per heavy atom. The molecule has 0 saturated carbocycles. The molecule has 0 unspecified atom stereocenters. The number of rotatable bonds is 6. The van der Waals surface area contributed by atoms with E-state index >= 15 is 0 Å². The standard InChI is InChI=1S/C14H17N3O4S/c1-3-21-13(18)12-9-15-14(17(12)2)16-22(19,20)10-11-7-5-4-6-8-11/h4-9H,3,10H2,1-2H3,(H,15,16). The molecule has 8 heteroatoms. The molecule has 2 rings (SSSR count). The predicted molar refractivity (Wildman–Crippen MR) is 81.9 cm³/mol. The average Bonchev–Trinajstić information content (AvgIpc) is 2.80. The number of carbonyl (C=O) groups is 1. The molecule has 0 aliphatic rings. The fourth-order valence-electron chi connectivity index (χ4n) is 1.87. The van der Waals surface area contributed by atoms with Gasteiger partial charge in [0, 0.05) is 7.05 Å². The van der Waals surface area contributed by atoms with Crippen LogP contribution in [-0.4, -0.2) is 30.5 Å². The third-order valence-corrected chi connectivity index (χ3v) is 4.13. The van der Waals surface area contributed by atoms with Crippen LogP contribution in [0.4, 0.5) is 5.95 Å². The highest BCUT2D eigenvalue weighted by molar-refractivity contribution is 7.91. The first-order chi connectivity index (χ1) is 10.4. The quantitative estimate of drug-likeness (QED) is 0.814. The summed E-state index contributed by atoms with van der Waals surface area (Å²) in [4.78, 5) is 15.6. The van der Waals surface area contributed by atoms with Gasteiger partial charge >= 0.3 is 5.97 Å². The maximum Gasteiger partial charge on any atom is 0.356 e. The van der Waals surface area contributed by atoms with E-state index in [1.54, 1.807) is 38.2 Å². The zero-order valence-electron chi connectivity index (χ0n) is 12.3. The van der Waals surface area contributed by atoms with Gasteiger partial charge in [0.25, 0.3) is 0 Å². The largest absolute Gasteiger partial charge is 0.461 e. The minimum absolute atomic E-state index is 0.0685. The van der Waals surface area contributed by atoms with Crippen molar-refractivity contribution in [3.63, 3.8) is 0 Å². The highest BCUT2D eigenvalue weighted by Gasteiger charge is 2.19. The third kappa shape index (κ3) is 3.85. The summed E-state index contributed by atoms with van der Waals surface area (Å²) in [6.45, 7) is 1.93. The van der Waals surface area contributed by atoms with Crippen LogP contribution in [-0.2, 0) is 27.6 Å². The Morgan fingerprint density at radius 2 is 2.00 bits per heavy atom. The Balaban J connectivity index is 2.15. The number of hydrogen-bond acceptors (Lipinski definition) is 5. The molecule has 0 amide bonds. The molecule has 1 aromatic heterocycles. The number of nitrogens with one attached hydrogen (secondary N) is 1. The monoisotopic (exact) mass is 323 g/mol. The molecule has 118 valence electrons. The lowest BCUT2D eigenvalue weighted by Crippen LogP contribution is -2.19. The van der Waals surface area contributed by atoms with Crippen LogP contribution in [0.25, 0.3) is 0 Å². The van der Waals surface area contributed by atoms with Gasteiger partial charge in [-0.25, -0.2) is 18.2 Å². The van der Waals surface area contributed by atoms with Crippen molar-refractivity contribution in [2.24, 2.45) is 7.05 Å². The normalized spacial score (nSPS) is 11.2. The van der Waals surface area contributed by atoms with Gasteiger partial charge < -0.3 is 9.30 Å². The highest BCUT2D eigenvalue weighted by Crippen LogP contribution is 2.13. The van der Waals surface area contributed by atoms with E-state index in [1.807, 2.05) is 6.07 Å². The summed E-state index contributed by atoms with van der Waals surface area (Å²) in [5, 5.41) is 0. The maximum absolute atomic E-state index is 12.1. The van der Waals surface area contributed by atoms with Gasteiger partial charge in [-0.3, -0.25) is 4.72 Å². The Morgan fingerprint density at radius 3 is 2.64 bits per heavy atom. The molecule has 0 atom stereocenters. The SMILES string of the molecule is CCOC(=O)c1cnc(NS(=O)(=O)Cc2ccccc2)n1C. The van der Waals surface area contributed by atoms with Crippen molar-refractivity contribution >= 4 is 21.9 Å². The number of aromatic nitrogens is 2. The van der Waals surface area contributed by atoms with Crippen molar-refractivity contribution in [2.75, 3.05) is 11.3 Å². The van der Waals surface area contributed by atoms with E-state index in [0.29, 0.717) is 5.56 Å². The first-order valence-electron chi connectivity index (χ1n) is 6.66. The number of carbonyl (C=O) groups excluding carboxylic acids is 1. The number of esters is 1. The number of imidazole rings is 1. The lowest BCUT2D eigenvalue weighted by Gasteiger charge is -2.09. The second-order valence-corrected chi connectivity index (χ2v) is 6.32. The zero-order chi connectivity index (χ0) is 16.2. The predicted octanol–water partition coefficient (Wildman–Crippen LogP) is 1.54. The summed E-state index contributed by atoms with van der Waals surface area (Å²) >= 11 is 0. The molecule has 0 radical (unpaired) electrons. The van der Waals surface area contributed by atoms with Crippen LogP contribution in [0.3, 0.4) is 0 Å². The molecule has 0 fully saturated rings. The molecule has 22 heavy (non-hydrogen) atoms. The van der Waals surface area contributed by atoms with E-state index in [4.69, 9.17) is 4.74 Å².